The van der Waals surface area contributed by atoms with E-state index in [1.54, 1.807) is 24.4 Å². The highest BCUT2D eigenvalue weighted by atomic mass is 32.1. The number of nitrogens with one attached hydrogen (secondary N) is 2. The molecule has 0 aliphatic rings. The van der Waals surface area contributed by atoms with Crippen LogP contribution in [0.4, 0.5) is 5.13 Å². The molecule has 28 heavy (non-hydrogen) atoms. The molecular weight excluding hydrogens is 378 g/mol. The zero-order valence-corrected chi connectivity index (χ0v) is 16.6. The number of amides is 2. The molecule has 0 aliphatic heterocycles. The second-order valence-electron chi connectivity index (χ2n) is 6.28. The van der Waals surface area contributed by atoms with E-state index in [0.717, 1.165) is 5.56 Å². The standard InChI is InChI=1S/C20H21N3O4S/c1-12-5-4-6-15(9-12)26-13(2)19(25)23-20-22-17(11-28-20)18-8-7-16(27-18)10-21-14(3)24/h4-9,11,13H,10H2,1-3H3,(H,21,24)(H,22,23,25). The number of rotatable bonds is 7. The number of furan rings is 1. The summed E-state index contributed by atoms with van der Waals surface area (Å²) in [6.45, 7) is 5.41. The lowest BCUT2D eigenvalue weighted by molar-refractivity contribution is -0.122. The second kappa shape index (κ2) is 8.71. The molecule has 1 atom stereocenters. The van der Waals surface area contributed by atoms with Crippen molar-refractivity contribution in [1.29, 1.82) is 0 Å². The van der Waals surface area contributed by atoms with Crippen molar-refractivity contribution in [3.63, 3.8) is 0 Å². The normalized spacial score (nSPS) is 11.7. The number of benzene rings is 1. The van der Waals surface area contributed by atoms with E-state index in [2.05, 4.69) is 15.6 Å². The van der Waals surface area contributed by atoms with Crippen molar-refractivity contribution in [2.24, 2.45) is 0 Å². The van der Waals surface area contributed by atoms with Crippen LogP contribution in [0, 0.1) is 6.92 Å². The minimum absolute atomic E-state index is 0.126. The van der Waals surface area contributed by atoms with Crippen LogP contribution in [0.3, 0.4) is 0 Å². The summed E-state index contributed by atoms with van der Waals surface area (Å²) < 4.78 is 11.4. The molecular formula is C20H21N3O4S. The number of aromatic nitrogens is 1. The van der Waals surface area contributed by atoms with Gasteiger partial charge in [0.2, 0.25) is 5.91 Å². The quantitative estimate of drug-likeness (QED) is 0.631. The molecule has 1 unspecified atom stereocenters. The molecule has 3 rings (SSSR count). The third-order valence-electron chi connectivity index (χ3n) is 3.83. The number of nitrogens with zero attached hydrogens (tertiary/aromatic N) is 1. The van der Waals surface area contributed by atoms with E-state index in [9.17, 15) is 9.59 Å². The lowest BCUT2D eigenvalue weighted by Gasteiger charge is -2.14. The van der Waals surface area contributed by atoms with E-state index >= 15 is 0 Å². The predicted molar refractivity (Wildman–Crippen MR) is 107 cm³/mol. The molecule has 2 amide bonds. The lowest BCUT2D eigenvalue weighted by atomic mass is 10.2. The predicted octanol–water partition coefficient (Wildman–Crippen LogP) is 3.75. The van der Waals surface area contributed by atoms with Gasteiger partial charge in [0.1, 0.15) is 17.2 Å². The van der Waals surface area contributed by atoms with Gasteiger partial charge >= 0.3 is 0 Å². The molecule has 7 nitrogen and oxygen atoms in total. The van der Waals surface area contributed by atoms with Gasteiger partial charge in [0, 0.05) is 12.3 Å². The van der Waals surface area contributed by atoms with E-state index in [1.165, 1.54) is 18.3 Å². The first kappa shape index (κ1) is 19.6. The number of hydrogen-bond donors (Lipinski definition) is 2. The van der Waals surface area contributed by atoms with Crippen molar-refractivity contribution in [2.75, 3.05) is 5.32 Å². The Kier molecular flexibility index (Phi) is 6.10. The molecule has 2 heterocycles. The fourth-order valence-corrected chi connectivity index (χ4v) is 3.12. The molecule has 0 aliphatic carbocycles. The van der Waals surface area contributed by atoms with Crippen LogP contribution in [0.15, 0.2) is 46.2 Å². The summed E-state index contributed by atoms with van der Waals surface area (Å²) in [7, 11) is 0. The van der Waals surface area contributed by atoms with Crippen LogP contribution in [-0.2, 0) is 16.1 Å². The maximum Gasteiger partial charge on any atom is 0.266 e. The Labute approximate surface area is 166 Å². The van der Waals surface area contributed by atoms with Gasteiger partial charge in [0.25, 0.3) is 5.91 Å². The van der Waals surface area contributed by atoms with Gasteiger partial charge in [-0.25, -0.2) is 4.98 Å². The zero-order valence-electron chi connectivity index (χ0n) is 15.8. The third kappa shape index (κ3) is 5.20. The van der Waals surface area contributed by atoms with Gasteiger partial charge in [-0.2, -0.15) is 0 Å². The Bertz CT molecular complexity index is 979. The highest BCUT2D eigenvalue weighted by Crippen LogP contribution is 2.27. The minimum Gasteiger partial charge on any atom is -0.481 e. The Balaban J connectivity index is 1.59. The van der Waals surface area contributed by atoms with Crippen molar-refractivity contribution >= 4 is 28.3 Å². The fraction of sp³-hybridized carbons (Fsp3) is 0.250. The summed E-state index contributed by atoms with van der Waals surface area (Å²) in [4.78, 5) is 27.7. The van der Waals surface area contributed by atoms with Crippen LogP contribution < -0.4 is 15.4 Å². The number of ether oxygens (including phenoxy) is 1. The van der Waals surface area contributed by atoms with Gasteiger partial charge in [0.15, 0.2) is 17.0 Å². The number of carbonyl (C=O) groups is 2. The van der Waals surface area contributed by atoms with Gasteiger partial charge in [-0.05, 0) is 43.7 Å². The smallest absolute Gasteiger partial charge is 0.266 e. The van der Waals surface area contributed by atoms with Crippen molar-refractivity contribution < 1.29 is 18.7 Å². The van der Waals surface area contributed by atoms with Crippen LogP contribution in [0.2, 0.25) is 0 Å². The van der Waals surface area contributed by atoms with E-state index in [-0.39, 0.29) is 11.8 Å². The molecule has 0 saturated heterocycles. The van der Waals surface area contributed by atoms with Crippen LogP contribution in [0.5, 0.6) is 5.75 Å². The number of thiazole rings is 1. The summed E-state index contributed by atoms with van der Waals surface area (Å²) in [5, 5.41) is 7.68. The number of anilines is 1. The van der Waals surface area contributed by atoms with Crippen molar-refractivity contribution in [3.05, 3.63) is 53.1 Å². The zero-order chi connectivity index (χ0) is 20.1. The van der Waals surface area contributed by atoms with Crippen LogP contribution in [0.1, 0.15) is 25.2 Å². The Morgan fingerprint density at radius 1 is 1.29 bits per heavy atom. The average molecular weight is 399 g/mol. The molecule has 0 spiro atoms. The monoisotopic (exact) mass is 399 g/mol. The molecule has 0 radical (unpaired) electrons. The van der Waals surface area contributed by atoms with Gasteiger partial charge in [-0.3, -0.25) is 14.9 Å². The summed E-state index contributed by atoms with van der Waals surface area (Å²) >= 11 is 1.30. The number of carbonyl (C=O) groups excluding carboxylic acids is 2. The van der Waals surface area contributed by atoms with Crippen molar-refractivity contribution in [2.45, 2.75) is 33.4 Å². The van der Waals surface area contributed by atoms with Gasteiger partial charge in [-0.15, -0.1) is 11.3 Å². The van der Waals surface area contributed by atoms with Gasteiger partial charge in [-0.1, -0.05) is 12.1 Å². The maximum absolute atomic E-state index is 12.4. The molecule has 0 fully saturated rings. The number of aryl methyl sites for hydroxylation is 1. The summed E-state index contributed by atoms with van der Waals surface area (Å²) in [5.74, 6) is 1.43. The topological polar surface area (TPSA) is 93.5 Å². The van der Waals surface area contributed by atoms with Gasteiger partial charge < -0.3 is 14.5 Å². The van der Waals surface area contributed by atoms with Crippen LogP contribution >= 0.6 is 11.3 Å². The van der Waals surface area contributed by atoms with E-state index < -0.39 is 6.10 Å². The SMILES string of the molecule is CC(=O)NCc1ccc(-c2csc(NC(=O)C(C)Oc3cccc(C)c3)n2)o1. The first-order valence-electron chi connectivity index (χ1n) is 8.74. The lowest BCUT2D eigenvalue weighted by Crippen LogP contribution is -2.30. The second-order valence-corrected chi connectivity index (χ2v) is 7.14. The minimum atomic E-state index is -0.665. The molecule has 2 N–H and O–H groups in total. The molecule has 8 heteroatoms. The summed E-state index contributed by atoms with van der Waals surface area (Å²) in [5.41, 5.74) is 1.67. The first-order valence-corrected chi connectivity index (χ1v) is 9.62. The highest BCUT2D eigenvalue weighted by molar-refractivity contribution is 7.14. The van der Waals surface area contributed by atoms with Crippen molar-refractivity contribution in [1.82, 2.24) is 10.3 Å². The van der Waals surface area contributed by atoms with E-state index in [0.29, 0.717) is 34.6 Å². The average Bonchev–Trinajstić information content (AvgIpc) is 3.29. The molecule has 1 aromatic carbocycles. The molecule has 0 saturated carbocycles. The number of hydrogen-bond acceptors (Lipinski definition) is 6. The Morgan fingerprint density at radius 3 is 2.86 bits per heavy atom. The largest absolute Gasteiger partial charge is 0.481 e. The van der Waals surface area contributed by atoms with Gasteiger partial charge in [0.05, 0.1) is 6.54 Å². The van der Waals surface area contributed by atoms with Crippen LogP contribution in [-0.4, -0.2) is 22.9 Å². The van der Waals surface area contributed by atoms with E-state index in [4.69, 9.17) is 9.15 Å². The molecule has 2 aromatic heterocycles. The van der Waals surface area contributed by atoms with Crippen molar-refractivity contribution in [3.8, 4) is 17.2 Å². The highest BCUT2D eigenvalue weighted by Gasteiger charge is 2.17. The summed E-state index contributed by atoms with van der Waals surface area (Å²) in [6, 6.07) is 11.1. The molecule has 0 bridgehead atoms. The molecule has 146 valence electrons. The van der Waals surface area contributed by atoms with Crippen LogP contribution in [0.25, 0.3) is 11.5 Å². The maximum atomic E-state index is 12.4. The first-order chi connectivity index (χ1) is 13.4. The molecule has 3 aromatic rings. The summed E-state index contributed by atoms with van der Waals surface area (Å²) in [6.07, 6.45) is -0.665. The van der Waals surface area contributed by atoms with E-state index in [1.807, 2.05) is 31.2 Å². The Hall–Kier alpha value is -3.13. The third-order valence-corrected chi connectivity index (χ3v) is 4.59. The Morgan fingerprint density at radius 2 is 2.11 bits per heavy atom. The fourth-order valence-electron chi connectivity index (χ4n) is 2.42.